The number of carbonyl (C=O) groups is 1. The van der Waals surface area contributed by atoms with Crippen molar-refractivity contribution < 1.29 is 30.0 Å². The van der Waals surface area contributed by atoms with Crippen LogP contribution in [0.3, 0.4) is 0 Å². The SMILES string of the molecule is CC(C)(C)C(=O)/C=C(\O)C(C)(C)C.C[Si]1(C)c2cc3ccccc3[c-]c2-c2nccc3c2-c2c1cccc2[Si]3(C)C.[Ir]. The standard InChI is InChI=1S/C25H22NSi2.C11H20O2.Ir/c1-27(2)19-10-7-11-20-23(19)24-21(27)12-13-26-25(24)18-14-16-8-5-6-9-17(16)15-22(18)28(20,3)4;1-10(2,3)8(12)7-9(13)11(4,5)6;/h5-13,15H,1-4H3;7,12H,1-6H3;/q-1;;/b;8-7-;. The minimum absolute atomic E-state index is 0. The van der Waals surface area contributed by atoms with E-state index in [2.05, 4.69) is 86.9 Å². The van der Waals surface area contributed by atoms with Gasteiger partial charge in [-0.3, -0.25) is 9.78 Å². The Labute approximate surface area is 266 Å². The van der Waals surface area contributed by atoms with Crippen LogP contribution in [-0.2, 0) is 24.9 Å². The van der Waals surface area contributed by atoms with E-state index in [0.717, 1.165) is 5.69 Å². The van der Waals surface area contributed by atoms with Crippen LogP contribution in [-0.4, -0.2) is 32.0 Å². The van der Waals surface area contributed by atoms with E-state index in [4.69, 9.17) is 4.98 Å². The molecule has 3 nitrogen and oxygen atoms in total. The number of allylic oxidation sites excluding steroid dienone is 2. The summed E-state index contributed by atoms with van der Waals surface area (Å²) in [5.41, 5.74) is 4.56. The molecule has 3 heterocycles. The zero-order valence-corrected chi connectivity index (χ0v) is 30.9. The number of fused-ring (bicyclic) bond motifs is 3. The van der Waals surface area contributed by atoms with E-state index >= 15 is 0 Å². The molecule has 2 aliphatic rings. The van der Waals surface area contributed by atoms with Crippen LogP contribution < -0.4 is 20.7 Å². The van der Waals surface area contributed by atoms with Crippen LogP contribution in [0.5, 0.6) is 0 Å². The normalized spacial score (nSPS) is 15.9. The van der Waals surface area contributed by atoms with E-state index in [9.17, 15) is 9.90 Å². The molecule has 2 aliphatic heterocycles. The van der Waals surface area contributed by atoms with Crippen LogP contribution in [0, 0.1) is 16.9 Å². The number of aliphatic hydroxyl groups excluding tert-OH is 1. The molecule has 0 amide bonds. The molecule has 0 aliphatic carbocycles. The van der Waals surface area contributed by atoms with Gasteiger partial charge < -0.3 is 5.11 Å². The number of ketones is 1. The molecule has 221 valence electrons. The Morgan fingerprint density at radius 3 is 1.95 bits per heavy atom. The molecule has 3 aromatic carbocycles. The van der Waals surface area contributed by atoms with Crippen LogP contribution in [0.15, 0.2) is 72.6 Å². The molecule has 4 aromatic rings. The summed E-state index contributed by atoms with van der Waals surface area (Å²) in [6.07, 6.45) is 3.36. The Morgan fingerprint density at radius 2 is 1.36 bits per heavy atom. The Morgan fingerprint density at radius 1 is 0.786 bits per heavy atom. The van der Waals surface area contributed by atoms with E-state index < -0.39 is 21.6 Å². The summed E-state index contributed by atoms with van der Waals surface area (Å²) in [5.74, 6) is 0.104. The summed E-state index contributed by atoms with van der Waals surface area (Å²) in [6, 6.07) is 24.2. The third kappa shape index (κ3) is 5.32. The number of benzene rings is 3. The van der Waals surface area contributed by atoms with Gasteiger partial charge in [-0.1, -0.05) is 125 Å². The first-order valence-corrected chi connectivity index (χ1v) is 20.5. The fraction of sp³-hybridized carbons (Fsp3) is 0.333. The Kier molecular flexibility index (Phi) is 8.31. The number of hydrogen-bond donors (Lipinski definition) is 1. The van der Waals surface area contributed by atoms with E-state index in [-0.39, 0.29) is 37.1 Å². The van der Waals surface area contributed by atoms with Gasteiger partial charge in [0.1, 0.15) is 13.8 Å². The molecule has 1 N–H and O–H groups in total. The fourth-order valence-electron chi connectivity index (χ4n) is 5.98. The molecule has 0 spiro atoms. The van der Waals surface area contributed by atoms with Gasteiger partial charge in [0.05, 0.1) is 8.07 Å². The van der Waals surface area contributed by atoms with Crippen LogP contribution in [0.25, 0.3) is 33.2 Å². The Balaban J connectivity index is 0.000000249. The summed E-state index contributed by atoms with van der Waals surface area (Å²) in [4.78, 5) is 16.5. The van der Waals surface area contributed by atoms with Gasteiger partial charge in [0, 0.05) is 48.9 Å². The molecule has 1 aromatic heterocycles. The van der Waals surface area contributed by atoms with Gasteiger partial charge in [-0.05, 0) is 22.4 Å². The van der Waals surface area contributed by atoms with Crippen molar-refractivity contribution in [2.24, 2.45) is 10.8 Å². The molecule has 6 heteroatoms. The van der Waals surface area contributed by atoms with Crippen molar-refractivity contribution in [1.29, 1.82) is 0 Å². The van der Waals surface area contributed by atoms with Crippen LogP contribution >= 0.6 is 0 Å². The number of pyridine rings is 1. The average Bonchev–Trinajstić information content (AvgIpc) is 3.09. The molecular weight excluding hydrogens is 727 g/mol. The number of nitrogens with zero attached hydrogens (tertiary/aromatic N) is 1. The van der Waals surface area contributed by atoms with Crippen molar-refractivity contribution in [3.8, 4) is 22.4 Å². The summed E-state index contributed by atoms with van der Waals surface area (Å²) in [6.45, 7) is 21.1. The molecule has 0 unspecified atom stereocenters. The molecule has 0 fully saturated rings. The van der Waals surface area contributed by atoms with E-state index in [1.54, 1.807) is 15.6 Å². The summed E-state index contributed by atoms with van der Waals surface area (Å²) in [7, 11) is -3.60. The molecule has 0 bridgehead atoms. The maximum Gasteiger partial charge on any atom is 0.164 e. The number of carbonyl (C=O) groups excluding carboxylic acids is 1. The van der Waals surface area contributed by atoms with Gasteiger partial charge in [-0.25, -0.2) is 0 Å². The van der Waals surface area contributed by atoms with E-state index in [0.29, 0.717) is 0 Å². The maximum absolute atomic E-state index is 11.5. The minimum Gasteiger partial charge on any atom is -0.512 e. The summed E-state index contributed by atoms with van der Waals surface area (Å²) < 4.78 is 0. The van der Waals surface area contributed by atoms with Gasteiger partial charge in [0.15, 0.2) is 5.78 Å². The molecule has 0 saturated heterocycles. The molecule has 6 rings (SSSR count). The molecule has 0 saturated carbocycles. The molecule has 1 radical (unpaired) electrons. The summed E-state index contributed by atoms with van der Waals surface area (Å²) in [5, 5.41) is 18.2. The second-order valence-corrected chi connectivity index (χ2v) is 23.3. The number of aliphatic hydroxyl groups is 1. The second-order valence-electron chi connectivity index (χ2n) is 14.6. The Hall–Kier alpha value is -2.64. The number of hydrogen-bond acceptors (Lipinski definition) is 3. The summed E-state index contributed by atoms with van der Waals surface area (Å²) >= 11 is 0. The van der Waals surface area contributed by atoms with Gasteiger partial charge in [-0.2, -0.15) is 0 Å². The van der Waals surface area contributed by atoms with Crippen molar-refractivity contribution in [3.05, 3.63) is 78.7 Å². The van der Waals surface area contributed by atoms with Crippen molar-refractivity contribution >= 4 is 53.5 Å². The third-order valence-electron chi connectivity index (χ3n) is 8.76. The number of aromatic nitrogens is 1. The third-order valence-corrected chi connectivity index (χ3v) is 15.8. The quantitative estimate of drug-likeness (QED) is 0.101. The van der Waals surface area contributed by atoms with Crippen LogP contribution in [0.1, 0.15) is 41.5 Å². The van der Waals surface area contributed by atoms with Crippen molar-refractivity contribution in [2.75, 3.05) is 0 Å². The predicted molar refractivity (Wildman–Crippen MR) is 180 cm³/mol. The molecular formula is C36H42IrNO2Si2-. The van der Waals surface area contributed by atoms with E-state index in [1.165, 1.54) is 38.7 Å². The molecule has 42 heavy (non-hydrogen) atoms. The van der Waals surface area contributed by atoms with Crippen molar-refractivity contribution in [2.45, 2.75) is 67.7 Å². The second kappa shape index (κ2) is 10.8. The van der Waals surface area contributed by atoms with Gasteiger partial charge in [0.2, 0.25) is 0 Å². The largest absolute Gasteiger partial charge is 0.512 e. The zero-order valence-electron chi connectivity index (χ0n) is 26.5. The van der Waals surface area contributed by atoms with Crippen LogP contribution in [0.4, 0.5) is 0 Å². The Bertz CT molecular complexity index is 1740. The number of rotatable bonds is 1. The van der Waals surface area contributed by atoms with Crippen molar-refractivity contribution in [3.63, 3.8) is 0 Å². The monoisotopic (exact) mass is 769 g/mol. The zero-order chi connectivity index (χ0) is 30.1. The fourth-order valence-corrected chi connectivity index (χ4v) is 12.2. The van der Waals surface area contributed by atoms with Crippen LogP contribution in [0.2, 0.25) is 26.2 Å². The average molecular weight is 769 g/mol. The smallest absolute Gasteiger partial charge is 0.164 e. The predicted octanol–water partition coefficient (Wildman–Crippen LogP) is 6.73. The first kappa shape index (κ1) is 32.3. The maximum atomic E-state index is 11.5. The van der Waals surface area contributed by atoms with E-state index in [1.807, 2.05) is 47.7 Å². The topological polar surface area (TPSA) is 50.2 Å². The van der Waals surface area contributed by atoms with Gasteiger partial charge in [0.25, 0.3) is 0 Å². The molecule has 0 atom stereocenters. The first-order chi connectivity index (χ1) is 19.0. The first-order valence-electron chi connectivity index (χ1n) is 14.5. The van der Waals surface area contributed by atoms with Gasteiger partial charge >= 0.3 is 0 Å². The van der Waals surface area contributed by atoms with Gasteiger partial charge in [-0.15, -0.1) is 28.8 Å². The van der Waals surface area contributed by atoms with Crippen molar-refractivity contribution in [1.82, 2.24) is 4.98 Å². The minimum atomic E-state index is -1.91.